The third-order valence-corrected chi connectivity index (χ3v) is 2.53. The summed E-state index contributed by atoms with van der Waals surface area (Å²) in [5.74, 6) is 0. The maximum atomic E-state index is 3.14. The molecule has 0 N–H and O–H groups in total. The quantitative estimate of drug-likeness (QED) is 0.558. The van der Waals surface area contributed by atoms with Crippen molar-refractivity contribution in [3.63, 3.8) is 0 Å². The van der Waals surface area contributed by atoms with E-state index in [-0.39, 0.29) is 0 Å². The van der Waals surface area contributed by atoms with Crippen LogP contribution < -0.4 is 0 Å². The second kappa shape index (κ2) is 3.60. The van der Waals surface area contributed by atoms with Crippen LogP contribution in [0.15, 0.2) is 0 Å². The average molecular weight is 191 g/mol. The molecule has 1 unspecified atom stereocenters. The molecule has 0 aromatic rings. The van der Waals surface area contributed by atoms with Gasteiger partial charge >= 0.3 is 65.1 Å². The number of nitrogens with zero attached hydrogens (tertiary/aromatic N) is 1. The Morgan fingerprint density at radius 1 is 1.22 bits per heavy atom. The molecule has 0 aromatic heterocycles. The Hall–Kier alpha value is 0.479. The van der Waals surface area contributed by atoms with Crippen LogP contribution in [0.1, 0.15) is 26.2 Å². The molecule has 0 bridgehead atoms. The third-order valence-electron chi connectivity index (χ3n) is 1.90. The topological polar surface area (TPSA) is 3.24 Å². The van der Waals surface area contributed by atoms with Crippen LogP contribution in [0, 0.1) is 0 Å². The van der Waals surface area contributed by atoms with Gasteiger partial charge in [-0.2, -0.15) is 0 Å². The van der Waals surface area contributed by atoms with E-state index in [9.17, 15) is 0 Å². The average Bonchev–Trinajstić information content (AvgIpc) is 1.90. The molecule has 1 fully saturated rings. The van der Waals surface area contributed by atoms with Gasteiger partial charge in [0, 0.05) is 0 Å². The van der Waals surface area contributed by atoms with Gasteiger partial charge in [-0.1, -0.05) is 0 Å². The zero-order chi connectivity index (χ0) is 6.69. The number of piperidine rings is 1. The van der Waals surface area contributed by atoms with E-state index in [1.165, 1.54) is 32.4 Å². The van der Waals surface area contributed by atoms with Crippen molar-refractivity contribution in [1.82, 2.24) is 4.90 Å². The number of hydrogen-bond donors (Lipinski definition) is 0. The van der Waals surface area contributed by atoms with Crippen LogP contribution in [-0.2, 0) is 0 Å². The number of likely N-dealkylation sites (tertiary alicyclic amines) is 1. The Bertz CT molecular complexity index is 77.0. The van der Waals surface area contributed by atoms with Gasteiger partial charge in [-0.25, -0.2) is 0 Å². The molecule has 1 nitrogen and oxygen atoms in total. The molecule has 9 heavy (non-hydrogen) atoms. The summed E-state index contributed by atoms with van der Waals surface area (Å²) in [6.07, 6.45) is 4.22. The van der Waals surface area contributed by atoms with Gasteiger partial charge in [-0.15, -0.1) is 0 Å². The molecule has 1 atom stereocenters. The van der Waals surface area contributed by atoms with Crippen LogP contribution in [0.4, 0.5) is 0 Å². The first kappa shape index (κ1) is 7.58. The van der Waals surface area contributed by atoms with Crippen molar-refractivity contribution in [2.75, 3.05) is 13.1 Å². The first-order valence-corrected chi connectivity index (χ1v) is 4.69. The van der Waals surface area contributed by atoms with Crippen molar-refractivity contribution in [1.29, 1.82) is 0 Å². The van der Waals surface area contributed by atoms with Crippen molar-refractivity contribution in [2.45, 2.75) is 31.1 Å². The van der Waals surface area contributed by atoms with Gasteiger partial charge < -0.3 is 0 Å². The van der Waals surface area contributed by atoms with E-state index in [0.29, 0.717) is 4.94 Å². The fourth-order valence-corrected chi connectivity index (χ4v) is 1.72. The van der Waals surface area contributed by atoms with Crippen LogP contribution in [-0.4, -0.2) is 38.9 Å². The molecule has 2 heteroatoms. The Morgan fingerprint density at radius 2 is 1.78 bits per heavy atom. The van der Waals surface area contributed by atoms with Gasteiger partial charge in [0.15, 0.2) is 0 Å². The molecule has 0 amide bonds. The molecule has 1 aliphatic rings. The van der Waals surface area contributed by atoms with Gasteiger partial charge in [0.2, 0.25) is 0 Å². The fourth-order valence-electron chi connectivity index (χ4n) is 1.28. The summed E-state index contributed by atoms with van der Waals surface area (Å²) < 4.78 is 0. The summed E-state index contributed by atoms with van der Waals surface area (Å²) in [5, 5.41) is 0. The molecule has 1 saturated heterocycles. The van der Waals surface area contributed by atoms with Crippen molar-refractivity contribution >= 4 is 16.0 Å². The van der Waals surface area contributed by atoms with Crippen LogP contribution in [0.3, 0.4) is 0 Å². The normalized spacial score (nSPS) is 26.0. The van der Waals surface area contributed by atoms with E-state index in [1.807, 2.05) is 0 Å². The molecule has 1 aliphatic heterocycles. The molecular formula is C7H14NSe. The second-order valence-electron chi connectivity index (χ2n) is 2.70. The summed E-state index contributed by atoms with van der Waals surface area (Å²) in [5.41, 5.74) is 0. The van der Waals surface area contributed by atoms with E-state index in [4.69, 9.17) is 0 Å². The van der Waals surface area contributed by atoms with Crippen molar-refractivity contribution < 1.29 is 0 Å². The van der Waals surface area contributed by atoms with Gasteiger partial charge in [0.1, 0.15) is 0 Å². The zero-order valence-electron chi connectivity index (χ0n) is 5.97. The van der Waals surface area contributed by atoms with E-state index in [0.717, 1.165) is 0 Å². The first-order valence-electron chi connectivity index (χ1n) is 3.70. The van der Waals surface area contributed by atoms with E-state index in [2.05, 4.69) is 27.8 Å². The number of rotatable bonds is 1. The van der Waals surface area contributed by atoms with Crippen molar-refractivity contribution in [2.24, 2.45) is 0 Å². The SMILES string of the molecule is CC([Se])N1CCCCC1. The van der Waals surface area contributed by atoms with E-state index >= 15 is 0 Å². The molecule has 0 saturated carbocycles. The minimum atomic E-state index is 0.644. The summed E-state index contributed by atoms with van der Waals surface area (Å²) in [7, 11) is 0. The molecular weight excluding hydrogens is 177 g/mol. The predicted octanol–water partition coefficient (Wildman–Crippen LogP) is 0.987. The third kappa shape index (κ3) is 2.29. The summed E-state index contributed by atoms with van der Waals surface area (Å²) >= 11 is 3.14. The molecule has 1 heterocycles. The summed E-state index contributed by atoms with van der Waals surface area (Å²) in [6.45, 7) is 4.83. The molecule has 0 spiro atoms. The fraction of sp³-hybridized carbons (Fsp3) is 1.00. The van der Waals surface area contributed by atoms with Crippen LogP contribution in [0.5, 0.6) is 0 Å². The Kier molecular flexibility index (Phi) is 3.03. The Balaban J connectivity index is 2.23. The van der Waals surface area contributed by atoms with Crippen molar-refractivity contribution in [3.8, 4) is 0 Å². The maximum absolute atomic E-state index is 3.14. The minimum absolute atomic E-state index is 0.644. The monoisotopic (exact) mass is 192 g/mol. The van der Waals surface area contributed by atoms with E-state index in [1.54, 1.807) is 0 Å². The molecule has 1 radical (unpaired) electrons. The summed E-state index contributed by atoms with van der Waals surface area (Å²) in [4.78, 5) is 3.15. The molecule has 53 valence electrons. The first-order chi connectivity index (χ1) is 4.30. The second-order valence-corrected chi connectivity index (χ2v) is 4.13. The van der Waals surface area contributed by atoms with Gasteiger partial charge in [-0.3, -0.25) is 0 Å². The zero-order valence-corrected chi connectivity index (χ0v) is 7.68. The molecule has 0 aliphatic carbocycles. The van der Waals surface area contributed by atoms with Crippen molar-refractivity contribution in [3.05, 3.63) is 0 Å². The standard InChI is InChI=1S/C7H14NSe/c1-7(9)8-5-3-2-4-6-8/h7H,2-6H2,1H3. The van der Waals surface area contributed by atoms with Gasteiger partial charge in [0.05, 0.1) is 0 Å². The number of hydrogen-bond acceptors (Lipinski definition) is 1. The molecule has 1 rings (SSSR count). The van der Waals surface area contributed by atoms with E-state index < -0.39 is 0 Å². The Morgan fingerprint density at radius 3 is 2.11 bits per heavy atom. The van der Waals surface area contributed by atoms with Gasteiger partial charge in [-0.05, 0) is 0 Å². The van der Waals surface area contributed by atoms with Crippen LogP contribution in [0.25, 0.3) is 0 Å². The van der Waals surface area contributed by atoms with Crippen LogP contribution >= 0.6 is 0 Å². The molecule has 0 aromatic carbocycles. The van der Waals surface area contributed by atoms with Gasteiger partial charge in [0.25, 0.3) is 0 Å². The van der Waals surface area contributed by atoms with Crippen LogP contribution in [0.2, 0.25) is 0 Å². The summed E-state index contributed by atoms with van der Waals surface area (Å²) in [6, 6.07) is 0. The Labute approximate surface area is 65.6 Å². The predicted molar refractivity (Wildman–Crippen MR) is 40.6 cm³/mol.